The van der Waals surface area contributed by atoms with Crippen molar-refractivity contribution in [2.45, 2.75) is 0 Å². The smallest absolute Gasteiger partial charge is 0.319 e. The number of para-hydroxylation sites is 2. The van der Waals surface area contributed by atoms with Crippen molar-refractivity contribution in [3.05, 3.63) is 59.9 Å². The van der Waals surface area contributed by atoms with Gasteiger partial charge in [-0.05, 0) is 24.3 Å². The molecule has 0 spiro atoms. The maximum absolute atomic E-state index is 13.3. The van der Waals surface area contributed by atoms with Gasteiger partial charge in [-0.15, -0.1) is 0 Å². The van der Waals surface area contributed by atoms with Gasteiger partial charge in [-0.1, -0.05) is 24.3 Å². The summed E-state index contributed by atoms with van der Waals surface area (Å²) in [6.07, 6.45) is 0. The third kappa shape index (κ3) is 4.21. The molecule has 0 radical (unpaired) electrons. The van der Waals surface area contributed by atoms with Crippen molar-refractivity contribution in [2.24, 2.45) is 0 Å². The number of nitrogens with zero attached hydrogens (tertiary/aromatic N) is 1. The van der Waals surface area contributed by atoms with Crippen LogP contribution in [0.15, 0.2) is 48.5 Å². The van der Waals surface area contributed by atoms with Gasteiger partial charge in [-0.25, -0.2) is 9.18 Å². The van der Waals surface area contributed by atoms with Crippen molar-refractivity contribution in [3.63, 3.8) is 0 Å². The van der Waals surface area contributed by atoms with Gasteiger partial charge in [0, 0.05) is 0 Å². The Balaban J connectivity index is 1.77. The summed E-state index contributed by atoms with van der Waals surface area (Å²) < 4.78 is 18.5. The maximum Gasteiger partial charge on any atom is 0.319 e. The SMILES string of the molecule is N#Cc1ccccc1NC(=O)NCCOc1ccccc1F. The van der Waals surface area contributed by atoms with E-state index in [-0.39, 0.29) is 18.9 Å². The highest BCUT2D eigenvalue weighted by Gasteiger charge is 2.06. The van der Waals surface area contributed by atoms with E-state index in [1.54, 1.807) is 36.4 Å². The molecule has 5 nitrogen and oxygen atoms in total. The number of carbonyl (C=O) groups excluding carboxylic acids is 1. The topological polar surface area (TPSA) is 74.2 Å². The summed E-state index contributed by atoms with van der Waals surface area (Å²) in [5.41, 5.74) is 0.803. The van der Waals surface area contributed by atoms with Gasteiger partial charge in [-0.2, -0.15) is 5.26 Å². The first-order chi connectivity index (χ1) is 10.7. The van der Waals surface area contributed by atoms with E-state index in [9.17, 15) is 9.18 Å². The lowest BCUT2D eigenvalue weighted by Gasteiger charge is -2.10. The first-order valence-corrected chi connectivity index (χ1v) is 6.62. The fourth-order valence-corrected chi connectivity index (χ4v) is 1.74. The number of urea groups is 1. The lowest BCUT2D eigenvalue weighted by Crippen LogP contribution is -2.32. The molecule has 0 aliphatic carbocycles. The Morgan fingerprint density at radius 3 is 2.68 bits per heavy atom. The molecule has 0 heterocycles. The van der Waals surface area contributed by atoms with E-state index >= 15 is 0 Å². The highest BCUT2D eigenvalue weighted by Crippen LogP contribution is 2.15. The average molecular weight is 299 g/mol. The largest absolute Gasteiger partial charge is 0.489 e. The predicted molar refractivity (Wildman–Crippen MR) is 80.1 cm³/mol. The summed E-state index contributed by atoms with van der Waals surface area (Å²) >= 11 is 0. The van der Waals surface area contributed by atoms with Gasteiger partial charge in [0.05, 0.1) is 17.8 Å². The van der Waals surface area contributed by atoms with Crippen molar-refractivity contribution in [1.82, 2.24) is 5.32 Å². The summed E-state index contributed by atoms with van der Waals surface area (Å²) in [4.78, 5) is 11.7. The van der Waals surface area contributed by atoms with E-state index in [0.717, 1.165) is 0 Å². The van der Waals surface area contributed by atoms with Crippen LogP contribution in [0.4, 0.5) is 14.9 Å². The maximum atomic E-state index is 13.3. The number of nitrogens with one attached hydrogen (secondary N) is 2. The summed E-state index contributed by atoms with van der Waals surface area (Å²) in [5.74, 6) is -0.311. The number of halogens is 1. The number of carbonyl (C=O) groups is 1. The Kier molecular flexibility index (Phi) is 5.32. The summed E-state index contributed by atoms with van der Waals surface area (Å²) in [6, 6.07) is 14.2. The van der Waals surface area contributed by atoms with E-state index < -0.39 is 11.8 Å². The predicted octanol–water partition coefficient (Wildman–Crippen LogP) is 2.90. The number of benzene rings is 2. The van der Waals surface area contributed by atoms with Gasteiger partial charge in [0.1, 0.15) is 12.7 Å². The molecule has 0 aromatic heterocycles. The Bertz CT molecular complexity index is 698. The molecule has 0 saturated carbocycles. The Hall–Kier alpha value is -3.07. The molecule has 2 amide bonds. The monoisotopic (exact) mass is 299 g/mol. The zero-order valence-electron chi connectivity index (χ0n) is 11.7. The fourth-order valence-electron chi connectivity index (χ4n) is 1.74. The van der Waals surface area contributed by atoms with Gasteiger partial charge in [0.2, 0.25) is 0 Å². The third-order valence-electron chi connectivity index (χ3n) is 2.78. The second-order valence-electron chi connectivity index (χ2n) is 4.32. The number of rotatable bonds is 5. The normalized spacial score (nSPS) is 9.64. The fraction of sp³-hybridized carbons (Fsp3) is 0.125. The second-order valence-corrected chi connectivity index (χ2v) is 4.32. The minimum absolute atomic E-state index is 0.133. The highest BCUT2D eigenvalue weighted by molar-refractivity contribution is 5.90. The van der Waals surface area contributed by atoms with E-state index in [2.05, 4.69) is 10.6 Å². The molecule has 0 saturated heterocycles. The van der Waals surface area contributed by atoms with Crippen LogP contribution in [0.3, 0.4) is 0 Å². The summed E-state index contributed by atoms with van der Waals surface area (Å²) in [7, 11) is 0. The van der Waals surface area contributed by atoms with Crippen molar-refractivity contribution >= 4 is 11.7 Å². The molecule has 0 aliphatic heterocycles. The van der Waals surface area contributed by atoms with Crippen molar-refractivity contribution in [3.8, 4) is 11.8 Å². The van der Waals surface area contributed by atoms with E-state index in [0.29, 0.717) is 11.3 Å². The number of ether oxygens (including phenoxy) is 1. The molecule has 2 rings (SSSR count). The first kappa shape index (κ1) is 15.3. The van der Waals surface area contributed by atoms with Crippen LogP contribution in [0.1, 0.15) is 5.56 Å². The molecule has 0 unspecified atom stereocenters. The van der Waals surface area contributed by atoms with Crippen LogP contribution in [0.5, 0.6) is 5.75 Å². The van der Waals surface area contributed by atoms with Gasteiger partial charge in [0.25, 0.3) is 0 Å². The molecular weight excluding hydrogens is 285 g/mol. The quantitative estimate of drug-likeness (QED) is 0.834. The van der Waals surface area contributed by atoms with E-state index in [1.165, 1.54) is 12.1 Å². The van der Waals surface area contributed by atoms with Crippen molar-refractivity contribution in [1.29, 1.82) is 5.26 Å². The summed E-state index contributed by atoms with van der Waals surface area (Å²) in [6.45, 7) is 0.336. The summed E-state index contributed by atoms with van der Waals surface area (Å²) in [5, 5.41) is 14.1. The molecule has 0 atom stereocenters. The van der Waals surface area contributed by atoms with Crippen LogP contribution < -0.4 is 15.4 Å². The number of amides is 2. The molecule has 22 heavy (non-hydrogen) atoms. The zero-order valence-corrected chi connectivity index (χ0v) is 11.7. The number of hydrogen-bond donors (Lipinski definition) is 2. The van der Waals surface area contributed by atoms with Gasteiger partial charge < -0.3 is 15.4 Å². The van der Waals surface area contributed by atoms with Crippen LogP contribution in [0.25, 0.3) is 0 Å². The second kappa shape index (κ2) is 7.64. The van der Waals surface area contributed by atoms with Crippen LogP contribution in [0.2, 0.25) is 0 Å². The third-order valence-corrected chi connectivity index (χ3v) is 2.78. The minimum atomic E-state index is -0.458. The molecule has 6 heteroatoms. The molecular formula is C16H14FN3O2. The van der Waals surface area contributed by atoms with Gasteiger partial charge in [-0.3, -0.25) is 0 Å². The number of nitriles is 1. The van der Waals surface area contributed by atoms with Crippen molar-refractivity contribution < 1.29 is 13.9 Å². The van der Waals surface area contributed by atoms with E-state index in [4.69, 9.17) is 10.00 Å². The molecule has 0 bridgehead atoms. The molecule has 2 N–H and O–H groups in total. The van der Waals surface area contributed by atoms with Crippen molar-refractivity contribution in [2.75, 3.05) is 18.5 Å². The van der Waals surface area contributed by atoms with Gasteiger partial charge in [0.15, 0.2) is 11.6 Å². The molecule has 0 fully saturated rings. The van der Waals surface area contributed by atoms with Gasteiger partial charge >= 0.3 is 6.03 Å². The molecule has 2 aromatic rings. The van der Waals surface area contributed by atoms with Crippen LogP contribution >= 0.6 is 0 Å². The Labute approximate surface area is 127 Å². The Morgan fingerprint density at radius 1 is 1.18 bits per heavy atom. The molecule has 2 aromatic carbocycles. The minimum Gasteiger partial charge on any atom is -0.489 e. The number of hydrogen-bond acceptors (Lipinski definition) is 3. The lowest BCUT2D eigenvalue weighted by molar-refractivity contribution is 0.246. The number of anilines is 1. The zero-order chi connectivity index (χ0) is 15.8. The Morgan fingerprint density at radius 2 is 1.91 bits per heavy atom. The van der Waals surface area contributed by atoms with Crippen LogP contribution in [-0.2, 0) is 0 Å². The standard InChI is InChI=1S/C16H14FN3O2/c17-13-6-2-4-8-15(13)22-10-9-19-16(21)20-14-7-3-1-5-12(14)11-18/h1-8H,9-10H2,(H2,19,20,21). The first-order valence-electron chi connectivity index (χ1n) is 6.62. The molecule has 112 valence electrons. The van der Waals surface area contributed by atoms with Crippen LogP contribution in [0, 0.1) is 17.1 Å². The highest BCUT2D eigenvalue weighted by atomic mass is 19.1. The van der Waals surface area contributed by atoms with E-state index in [1.807, 2.05) is 6.07 Å². The molecule has 0 aliphatic rings. The average Bonchev–Trinajstić information content (AvgIpc) is 2.53. The van der Waals surface area contributed by atoms with Crippen LogP contribution in [-0.4, -0.2) is 19.2 Å². The lowest BCUT2D eigenvalue weighted by atomic mass is 10.2.